The molecule has 2 atom stereocenters. The number of carbonyl (C=O) groups is 1. The number of hydrogen-bond acceptors (Lipinski definition) is 4. The normalized spacial score (nSPS) is 24.7. The summed E-state index contributed by atoms with van der Waals surface area (Å²) in [5.41, 5.74) is 1.03. The van der Waals surface area contributed by atoms with Gasteiger partial charge in [0.2, 0.25) is 15.9 Å². The van der Waals surface area contributed by atoms with E-state index in [1.807, 2.05) is 19.1 Å². The molecule has 1 saturated heterocycles. The third-order valence-corrected chi connectivity index (χ3v) is 7.79. The molecule has 1 aliphatic carbocycles. The van der Waals surface area contributed by atoms with Gasteiger partial charge in [-0.3, -0.25) is 4.79 Å². The monoisotopic (exact) mass is 393 g/mol. The molecule has 1 saturated carbocycles. The van der Waals surface area contributed by atoms with E-state index >= 15 is 0 Å². The Balaban J connectivity index is 1.50. The third-order valence-electron chi connectivity index (χ3n) is 5.88. The SMILES string of the molecule is Cc1ccc(S(=O)(=O)N2CCN(C(=O)CN[C@@H]3CCCC[C@H]3C)CC2)cc1. The standard InChI is InChI=1S/C20H31N3O3S/c1-16-7-9-18(10-8-16)27(25,26)23-13-11-22(12-14-23)20(24)15-21-19-6-4-3-5-17(19)2/h7-10,17,19,21H,3-6,11-15H2,1-2H3/t17-,19-/m1/s1. The maximum atomic E-state index is 12.8. The summed E-state index contributed by atoms with van der Waals surface area (Å²) in [6.45, 7) is 6.12. The average molecular weight is 394 g/mol. The van der Waals surface area contributed by atoms with Crippen LogP contribution in [0, 0.1) is 12.8 Å². The number of sulfonamides is 1. The Bertz CT molecular complexity index is 740. The zero-order valence-corrected chi connectivity index (χ0v) is 17.2. The third kappa shape index (κ3) is 4.89. The van der Waals surface area contributed by atoms with Gasteiger partial charge in [0.05, 0.1) is 11.4 Å². The molecule has 0 bridgehead atoms. The average Bonchev–Trinajstić information content (AvgIpc) is 2.67. The molecular weight excluding hydrogens is 362 g/mol. The van der Waals surface area contributed by atoms with Crippen LogP contribution >= 0.6 is 0 Å². The Labute approximate surface area is 163 Å². The molecule has 1 heterocycles. The molecule has 0 radical (unpaired) electrons. The van der Waals surface area contributed by atoms with Crippen LogP contribution in [0.5, 0.6) is 0 Å². The van der Waals surface area contributed by atoms with Crippen LogP contribution in [0.15, 0.2) is 29.2 Å². The number of piperazine rings is 1. The van der Waals surface area contributed by atoms with E-state index < -0.39 is 10.0 Å². The topological polar surface area (TPSA) is 69.7 Å². The summed E-state index contributed by atoms with van der Waals surface area (Å²) in [6, 6.07) is 7.34. The van der Waals surface area contributed by atoms with E-state index in [1.165, 1.54) is 23.6 Å². The first-order valence-electron chi connectivity index (χ1n) is 9.96. The lowest BCUT2D eigenvalue weighted by molar-refractivity contribution is -0.131. The lowest BCUT2D eigenvalue weighted by Gasteiger charge is -2.35. The van der Waals surface area contributed by atoms with Gasteiger partial charge in [0.15, 0.2) is 0 Å². The lowest BCUT2D eigenvalue weighted by Crippen LogP contribution is -2.53. The number of aryl methyl sites for hydroxylation is 1. The molecule has 1 aliphatic heterocycles. The second-order valence-corrected chi connectivity index (χ2v) is 9.78. The minimum absolute atomic E-state index is 0.0696. The number of nitrogens with zero attached hydrogens (tertiary/aromatic N) is 2. The van der Waals surface area contributed by atoms with Crippen molar-refractivity contribution in [2.45, 2.75) is 50.5 Å². The maximum absolute atomic E-state index is 12.8. The fraction of sp³-hybridized carbons (Fsp3) is 0.650. The van der Waals surface area contributed by atoms with E-state index in [9.17, 15) is 13.2 Å². The van der Waals surface area contributed by atoms with Crippen LogP contribution in [0.3, 0.4) is 0 Å². The summed E-state index contributed by atoms with van der Waals surface area (Å²) in [4.78, 5) is 14.6. The molecule has 1 N–H and O–H groups in total. The van der Waals surface area contributed by atoms with Crippen LogP contribution in [0.4, 0.5) is 0 Å². The highest BCUT2D eigenvalue weighted by molar-refractivity contribution is 7.89. The summed E-state index contributed by atoms with van der Waals surface area (Å²) < 4.78 is 27.0. The first kappa shape index (κ1) is 20.3. The molecule has 27 heavy (non-hydrogen) atoms. The van der Waals surface area contributed by atoms with Crippen LogP contribution in [0.2, 0.25) is 0 Å². The first-order chi connectivity index (χ1) is 12.9. The minimum atomic E-state index is -3.48. The highest BCUT2D eigenvalue weighted by Crippen LogP contribution is 2.23. The van der Waals surface area contributed by atoms with Gasteiger partial charge in [0.1, 0.15) is 0 Å². The molecule has 1 aromatic rings. The number of hydrogen-bond donors (Lipinski definition) is 1. The largest absolute Gasteiger partial charge is 0.339 e. The molecular formula is C20H31N3O3S. The molecule has 0 aromatic heterocycles. The summed E-state index contributed by atoms with van der Waals surface area (Å²) >= 11 is 0. The Kier molecular flexibility index (Phi) is 6.55. The van der Waals surface area contributed by atoms with Gasteiger partial charge in [0.25, 0.3) is 0 Å². The van der Waals surface area contributed by atoms with Crippen molar-refractivity contribution in [1.29, 1.82) is 0 Å². The molecule has 1 amide bonds. The van der Waals surface area contributed by atoms with E-state index in [0.29, 0.717) is 49.6 Å². The van der Waals surface area contributed by atoms with Crippen LogP contribution in [-0.2, 0) is 14.8 Å². The van der Waals surface area contributed by atoms with Crippen LogP contribution < -0.4 is 5.32 Å². The summed E-state index contributed by atoms with van der Waals surface area (Å²) in [5, 5.41) is 3.42. The van der Waals surface area contributed by atoms with Gasteiger partial charge in [0, 0.05) is 32.2 Å². The molecule has 3 rings (SSSR count). The number of rotatable bonds is 5. The van der Waals surface area contributed by atoms with Crippen molar-refractivity contribution >= 4 is 15.9 Å². The van der Waals surface area contributed by atoms with Gasteiger partial charge in [-0.1, -0.05) is 37.5 Å². The summed E-state index contributed by atoms with van der Waals surface area (Å²) in [5.74, 6) is 0.684. The molecule has 0 unspecified atom stereocenters. The molecule has 1 aromatic carbocycles. The van der Waals surface area contributed by atoms with Gasteiger partial charge < -0.3 is 10.2 Å². The van der Waals surface area contributed by atoms with E-state index in [2.05, 4.69) is 12.2 Å². The van der Waals surface area contributed by atoms with E-state index in [1.54, 1.807) is 17.0 Å². The van der Waals surface area contributed by atoms with Crippen molar-refractivity contribution in [3.05, 3.63) is 29.8 Å². The second kappa shape index (κ2) is 8.71. The fourth-order valence-corrected chi connectivity index (χ4v) is 5.41. The van der Waals surface area contributed by atoms with Crippen LogP contribution in [0.25, 0.3) is 0 Å². The predicted octanol–water partition coefficient (Wildman–Crippen LogP) is 2.00. The molecule has 0 spiro atoms. The summed E-state index contributed by atoms with van der Waals surface area (Å²) in [7, 11) is -3.48. The van der Waals surface area contributed by atoms with Gasteiger partial charge in [-0.2, -0.15) is 4.31 Å². The lowest BCUT2D eigenvalue weighted by atomic mass is 9.86. The van der Waals surface area contributed by atoms with E-state index in [4.69, 9.17) is 0 Å². The van der Waals surface area contributed by atoms with Crippen LogP contribution in [0.1, 0.15) is 38.2 Å². The molecule has 6 nitrogen and oxygen atoms in total. The van der Waals surface area contributed by atoms with Gasteiger partial charge in [-0.15, -0.1) is 0 Å². The Morgan fingerprint density at radius 2 is 1.70 bits per heavy atom. The smallest absolute Gasteiger partial charge is 0.243 e. The fourth-order valence-electron chi connectivity index (χ4n) is 3.99. The van der Waals surface area contributed by atoms with Crippen LogP contribution in [-0.4, -0.2) is 62.3 Å². The van der Waals surface area contributed by atoms with Crippen molar-refractivity contribution in [2.24, 2.45) is 5.92 Å². The van der Waals surface area contributed by atoms with Gasteiger partial charge >= 0.3 is 0 Å². The predicted molar refractivity (Wildman–Crippen MR) is 106 cm³/mol. The van der Waals surface area contributed by atoms with E-state index in [0.717, 1.165) is 12.0 Å². The second-order valence-electron chi connectivity index (χ2n) is 7.85. The highest BCUT2D eigenvalue weighted by Gasteiger charge is 2.30. The van der Waals surface area contributed by atoms with Crippen molar-refractivity contribution in [2.75, 3.05) is 32.7 Å². The Morgan fingerprint density at radius 1 is 1.07 bits per heavy atom. The molecule has 2 fully saturated rings. The molecule has 7 heteroatoms. The number of carbonyl (C=O) groups excluding carboxylic acids is 1. The zero-order valence-electron chi connectivity index (χ0n) is 16.4. The number of benzene rings is 1. The zero-order chi connectivity index (χ0) is 19.4. The summed E-state index contributed by atoms with van der Waals surface area (Å²) in [6.07, 6.45) is 4.87. The Morgan fingerprint density at radius 3 is 2.33 bits per heavy atom. The molecule has 2 aliphatic rings. The quantitative estimate of drug-likeness (QED) is 0.831. The number of amides is 1. The Hall–Kier alpha value is -1.44. The molecule has 150 valence electrons. The van der Waals surface area contributed by atoms with Crippen molar-refractivity contribution < 1.29 is 13.2 Å². The van der Waals surface area contributed by atoms with Gasteiger partial charge in [-0.05, 0) is 37.8 Å². The van der Waals surface area contributed by atoms with Gasteiger partial charge in [-0.25, -0.2) is 8.42 Å². The minimum Gasteiger partial charge on any atom is -0.339 e. The van der Waals surface area contributed by atoms with Crippen molar-refractivity contribution in [3.63, 3.8) is 0 Å². The highest BCUT2D eigenvalue weighted by atomic mass is 32.2. The number of nitrogens with one attached hydrogen (secondary N) is 1. The van der Waals surface area contributed by atoms with E-state index in [-0.39, 0.29) is 5.91 Å². The maximum Gasteiger partial charge on any atom is 0.243 e. The van der Waals surface area contributed by atoms with Crippen molar-refractivity contribution in [3.8, 4) is 0 Å². The first-order valence-corrected chi connectivity index (χ1v) is 11.4. The van der Waals surface area contributed by atoms with Crippen molar-refractivity contribution in [1.82, 2.24) is 14.5 Å².